The molecule has 1 unspecified atom stereocenters. The zero-order valence-electron chi connectivity index (χ0n) is 14.0. The van der Waals surface area contributed by atoms with Crippen molar-refractivity contribution in [2.24, 2.45) is 0 Å². The Hall–Kier alpha value is -1.75. The van der Waals surface area contributed by atoms with Crippen LogP contribution in [0.25, 0.3) is 0 Å². The van der Waals surface area contributed by atoms with Gasteiger partial charge in [0.05, 0.1) is 22.7 Å². The number of anilines is 1. The molecule has 0 aliphatic rings. The second kappa shape index (κ2) is 10.2. The average molecular weight is 369 g/mol. The number of halogens is 2. The lowest BCUT2D eigenvalue weighted by Gasteiger charge is -2.21. The molecule has 2 N–H and O–H groups in total. The number of carbonyl (C=O) groups is 1. The van der Waals surface area contributed by atoms with Crippen LogP contribution in [0.4, 0.5) is 10.5 Å². The molecular formula is C18H22Cl2N2O2. The van der Waals surface area contributed by atoms with Crippen LogP contribution in [0.2, 0.25) is 10.0 Å². The molecule has 0 bridgehead atoms. The molecule has 0 heterocycles. The fourth-order valence-corrected chi connectivity index (χ4v) is 2.21. The summed E-state index contributed by atoms with van der Waals surface area (Å²) in [6.07, 6.45) is -0.846. The maximum atomic E-state index is 12.1. The van der Waals surface area contributed by atoms with E-state index in [1.807, 2.05) is 32.0 Å². The van der Waals surface area contributed by atoms with Crippen molar-refractivity contribution in [3.63, 3.8) is 0 Å². The van der Waals surface area contributed by atoms with Crippen LogP contribution >= 0.6 is 23.2 Å². The number of amides is 2. The van der Waals surface area contributed by atoms with E-state index < -0.39 is 6.10 Å². The molecule has 0 aliphatic carbocycles. The summed E-state index contributed by atoms with van der Waals surface area (Å²) in [6, 6.07) is 13.7. The lowest BCUT2D eigenvalue weighted by Crippen LogP contribution is -2.34. The third-order valence-electron chi connectivity index (χ3n) is 3.15. The fourth-order valence-electron chi connectivity index (χ4n) is 1.91. The Bertz CT molecular complexity index is 651. The van der Waals surface area contributed by atoms with Gasteiger partial charge in [0, 0.05) is 12.7 Å². The molecule has 2 aromatic carbocycles. The van der Waals surface area contributed by atoms with Gasteiger partial charge in [-0.25, -0.2) is 4.79 Å². The molecule has 6 heteroatoms. The van der Waals surface area contributed by atoms with E-state index in [1.165, 1.54) is 4.90 Å². The number of nitrogens with one attached hydrogen (secondary N) is 1. The second-order valence-electron chi connectivity index (χ2n) is 4.87. The van der Waals surface area contributed by atoms with Gasteiger partial charge < -0.3 is 15.3 Å². The predicted octanol–water partition coefficient (Wildman–Crippen LogP) is 5.22. The van der Waals surface area contributed by atoms with Crippen molar-refractivity contribution in [1.29, 1.82) is 0 Å². The smallest absolute Gasteiger partial charge is 0.321 e. The minimum absolute atomic E-state index is 0.136. The van der Waals surface area contributed by atoms with Crippen LogP contribution in [0.5, 0.6) is 0 Å². The summed E-state index contributed by atoms with van der Waals surface area (Å²) >= 11 is 11.8. The average Bonchev–Trinajstić information content (AvgIpc) is 2.59. The Labute approximate surface area is 153 Å². The lowest BCUT2D eigenvalue weighted by atomic mass is 10.1. The molecule has 2 rings (SSSR count). The fraction of sp³-hybridized carbons (Fsp3) is 0.278. The number of nitrogens with zero attached hydrogens (tertiary/aromatic N) is 1. The summed E-state index contributed by atoms with van der Waals surface area (Å²) in [4.78, 5) is 13.5. The molecule has 2 amide bonds. The number of aliphatic hydroxyl groups excluding tert-OH is 1. The number of hydrogen-bond acceptors (Lipinski definition) is 2. The summed E-state index contributed by atoms with van der Waals surface area (Å²) in [6.45, 7) is 4.14. The molecule has 0 saturated heterocycles. The van der Waals surface area contributed by atoms with Crippen LogP contribution in [0, 0.1) is 0 Å². The van der Waals surface area contributed by atoms with E-state index in [-0.39, 0.29) is 12.6 Å². The highest BCUT2D eigenvalue weighted by molar-refractivity contribution is 6.42. The molecule has 0 saturated carbocycles. The van der Waals surface area contributed by atoms with E-state index >= 15 is 0 Å². The van der Waals surface area contributed by atoms with Crippen LogP contribution in [-0.4, -0.2) is 29.6 Å². The molecule has 0 aliphatic heterocycles. The van der Waals surface area contributed by atoms with E-state index in [2.05, 4.69) is 5.32 Å². The second-order valence-corrected chi connectivity index (χ2v) is 5.68. The van der Waals surface area contributed by atoms with Crippen LogP contribution < -0.4 is 5.32 Å². The summed E-state index contributed by atoms with van der Waals surface area (Å²) in [5.74, 6) is 0. The molecule has 0 radical (unpaired) electrons. The third-order valence-corrected chi connectivity index (χ3v) is 3.89. The minimum atomic E-state index is -0.846. The van der Waals surface area contributed by atoms with E-state index in [9.17, 15) is 9.90 Å². The molecule has 0 spiro atoms. The van der Waals surface area contributed by atoms with Gasteiger partial charge in [-0.15, -0.1) is 0 Å². The van der Waals surface area contributed by atoms with Gasteiger partial charge in [-0.3, -0.25) is 0 Å². The number of urea groups is 1. The Morgan fingerprint density at radius 3 is 2.33 bits per heavy atom. The van der Waals surface area contributed by atoms with Gasteiger partial charge in [0.1, 0.15) is 0 Å². The van der Waals surface area contributed by atoms with Crippen LogP contribution in [0.3, 0.4) is 0 Å². The number of benzene rings is 2. The molecule has 0 aromatic heterocycles. The first-order chi connectivity index (χ1) is 11.5. The van der Waals surface area contributed by atoms with Crippen LogP contribution in [0.15, 0.2) is 48.5 Å². The molecule has 1 atom stereocenters. The van der Waals surface area contributed by atoms with Gasteiger partial charge >= 0.3 is 6.03 Å². The van der Waals surface area contributed by atoms with Gasteiger partial charge in [0.15, 0.2) is 0 Å². The van der Waals surface area contributed by atoms with Crippen molar-refractivity contribution in [3.05, 3.63) is 64.1 Å². The largest absolute Gasteiger partial charge is 0.387 e. The first-order valence-electron chi connectivity index (χ1n) is 7.67. The van der Waals surface area contributed by atoms with Crippen molar-refractivity contribution in [2.45, 2.75) is 20.0 Å². The van der Waals surface area contributed by atoms with E-state index in [4.69, 9.17) is 23.2 Å². The first-order valence-corrected chi connectivity index (χ1v) is 8.43. The number of para-hydroxylation sites is 1. The van der Waals surface area contributed by atoms with Gasteiger partial charge in [-0.05, 0) is 29.8 Å². The summed E-state index contributed by atoms with van der Waals surface area (Å²) < 4.78 is 0. The highest BCUT2D eigenvalue weighted by Gasteiger charge is 2.16. The Morgan fingerprint density at radius 1 is 1.12 bits per heavy atom. The summed E-state index contributed by atoms with van der Waals surface area (Å²) in [5.41, 5.74) is 1.30. The van der Waals surface area contributed by atoms with Crippen LogP contribution in [0.1, 0.15) is 25.5 Å². The molecule has 0 fully saturated rings. The van der Waals surface area contributed by atoms with Crippen molar-refractivity contribution in [1.82, 2.24) is 4.90 Å². The number of aliphatic hydroxyl groups is 1. The summed E-state index contributed by atoms with van der Waals surface area (Å²) in [5, 5.41) is 13.7. The zero-order chi connectivity index (χ0) is 18.1. The van der Waals surface area contributed by atoms with E-state index in [0.717, 1.165) is 0 Å². The molecule has 130 valence electrons. The Kier molecular flexibility index (Phi) is 8.61. The number of likely N-dealkylation sites (N-methyl/N-ethyl adjacent to an activating group) is 1. The number of rotatable bonds is 4. The monoisotopic (exact) mass is 368 g/mol. The van der Waals surface area contributed by atoms with Gasteiger partial charge in [-0.2, -0.15) is 0 Å². The molecular weight excluding hydrogens is 347 g/mol. The highest BCUT2D eigenvalue weighted by Crippen LogP contribution is 2.26. The van der Waals surface area contributed by atoms with E-state index in [1.54, 1.807) is 37.4 Å². The lowest BCUT2D eigenvalue weighted by molar-refractivity contribution is 0.136. The molecule has 2 aromatic rings. The van der Waals surface area contributed by atoms with E-state index in [0.29, 0.717) is 21.3 Å². The third kappa shape index (κ3) is 6.04. The Morgan fingerprint density at radius 2 is 1.75 bits per heavy atom. The van der Waals surface area contributed by atoms with Crippen molar-refractivity contribution >= 4 is 34.9 Å². The Balaban J connectivity index is 0.00000139. The van der Waals surface area contributed by atoms with Crippen molar-refractivity contribution < 1.29 is 9.90 Å². The minimum Gasteiger partial charge on any atom is -0.387 e. The first kappa shape index (κ1) is 20.3. The maximum absolute atomic E-state index is 12.1. The van der Waals surface area contributed by atoms with Crippen molar-refractivity contribution in [3.8, 4) is 0 Å². The zero-order valence-corrected chi connectivity index (χ0v) is 15.5. The van der Waals surface area contributed by atoms with Gasteiger partial charge in [-0.1, -0.05) is 61.3 Å². The van der Waals surface area contributed by atoms with Gasteiger partial charge in [0.25, 0.3) is 0 Å². The summed E-state index contributed by atoms with van der Waals surface area (Å²) in [7, 11) is 1.61. The highest BCUT2D eigenvalue weighted by atomic mass is 35.5. The topological polar surface area (TPSA) is 52.6 Å². The molecule has 24 heavy (non-hydrogen) atoms. The van der Waals surface area contributed by atoms with Crippen molar-refractivity contribution in [2.75, 3.05) is 18.9 Å². The predicted molar refractivity (Wildman–Crippen MR) is 101 cm³/mol. The quantitative estimate of drug-likeness (QED) is 0.777. The molecule has 4 nitrogen and oxygen atoms in total. The number of carbonyl (C=O) groups excluding carboxylic acids is 1. The van der Waals surface area contributed by atoms with Crippen LogP contribution in [-0.2, 0) is 0 Å². The number of hydrogen-bond donors (Lipinski definition) is 2. The standard InChI is InChI=1S/C16H16Cl2N2O2.C2H6/c1-20(16(22)19-12-5-3-2-4-6-12)10-15(21)11-7-8-13(17)14(18)9-11;1-2/h2-9,15,21H,10H2,1H3,(H,19,22);1-2H3. The maximum Gasteiger partial charge on any atom is 0.321 e. The normalized spacial score (nSPS) is 11.1. The SMILES string of the molecule is CC.CN(CC(O)c1ccc(Cl)c(Cl)c1)C(=O)Nc1ccccc1. The van der Waals surface area contributed by atoms with Gasteiger partial charge in [0.2, 0.25) is 0 Å².